The van der Waals surface area contributed by atoms with Gasteiger partial charge < -0.3 is 10.6 Å². The van der Waals surface area contributed by atoms with Gasteiger partial charge in [0.25, 0.3) is 5.91 Å². The lowest BCUT2D eigenvalue weighted by Crippen LogP contribution is -2.16. The van der Waals surface area contributed by atoms with E-state index < -0.39 is 0 Å². The van der Waals surface area contributed by atoms with Crippen molar-refractivity contribution in [3.05, 3.63) is 83.1 Å². The van der Waals surface area contributed by atoms with Crippen LogP contribution in [0.25, 0.3) is 0 Å². The molecule has 0 saturated carbocycles. The Morgan fingerprint density at radius 3 is 2.52 bits per heavy atom. The highest BCUT2D eigenvalue weighted by molar-refractivity contribution is 6.03. The number of halogens is 1. The Labute approximate surface area is 157 Å². The highest BCUT2D eigenvalue weighted by Crippen LogP contribution is 2.13. The molecular formula is C21H21FN4O. The van der Waals surface area contributed by atoms with Gasteiger partial charge in [-0.25, -0.2) is 14.4 Å². The number of carbonyl (C=O) groups is 1. The van der Waals surface area contributed by atoms with Gasteiger partial charge in [0, 0.05) is 18.3 Å². The van der Waals surface area contributed by atoms with Gasteiger partial charge in [0.2, 0.25) is 0 Å². The predicted molar refractivity (Wildman–Crippen MR) is 104 cm³/mol. The van der Waals surface area contributed by atoms with Gasteiger partial charge in [-0.05, 0) is 44.0 Å². The molecule has 0 aliphatic rings. The van der Waals surface area contributed by atoms with Crippen LogP contribution in [0.2, 0.25) is 0 Å². The van der Waals surface area contributed by atoms with Crippen molar-refractivity contribution in [2.24, 2.45) is 0 Å². The fourth-order valence-electron chi connectivity index (χ4n) is 2.63. The van der Waals surface area contributed by atoms with Crippen molar-refractivity contribution in [2.45, 2.75) is 20.3 Å². The molecule has 1 heterocycles. The van der Waals surface area contributed by atoms with Crippen LogP contribution >= 0.6 is 0 Å². The van der Waals surface area contributed by atoms with E-state index in [1.54, 1.807) is 31.2 Å². The number of benzene rings is 2. The van der Waals surface area contributed by atoms with E-state index in [9.17, 15) is 9.18 Å². The minimum Gasteiger partial charge on any atom is -0.370 e. The second kappa shape index (κ2) is 8.40. The Morgan fingerprint density at radius 1 is 1.04 bits per heavy atom. The topological polar surface area (TPSA) is 66.9 Å². The van der Waals surface area contributed by atoms with Crippen LogP contribution in [-0.4, -0.2) is 22.4 Å². The minimum absolute atomic E-state index is 0.226. The van der Waals surface area contributed by atoms with Crippen molar-refractivity contribution in [1.29, 1.82) is 0 Å². The quantitative estimate of drug-likeness (QED) is 0.690. The van der Waals surface area contributed by atoms with E-state index >= 15 is 0 Å². The molecule has 0 radical (unpaired) electrons. The molecule has 138 valence electrons. The van der Waals surface area contributed by atoms with Crippen LogP contribution in [0.3, 0.4) is 0 Å². The number of amides is 1. The molecule has 1 aromatic heterocycles. The predicted octanol–water partition coefficient (Wildman–Crippen LogP) is 4.14. The van der Waals surface area contributed by atoms with Crippen LogP contribution in [0, 0.1) is 19.7 Å². The van der Waals surface area contributed by atoms with Crippen LogP contribution < -0.4 is 10.6 Å². The van der Waals surface area contributed by atoms with Gasteiger partial charge in [-0.15, -0.1) is 0 Å². The molecule has 3 rings (SSSR count). The molecule has 0 spiro atoms. The number of hydrogen-bond donors (Lipinski definition) is 2. The minimum atomic E-state index is -0.304. The van der Waals surface area contributed by atoms with Crippen molar-refractivity contribution in [3.63, 3.8) is 0 Å². The maximum Gasteiger partial charge on any atom is 0.274 e. The van der Waals surface area contributed by atoms with E-state index in [0.717, 1.165) is 5.56 Å². The number of nitrogens with zero attached hydrogens (tertiary/aromatic N) is 2. The molecule has 0 unspecified atom stereocenters. The second-order valence-corrected chi connectivity index (χ2v) is 6.27. The summed E-state index contributed by atoms with van der Waals surface area (Å²) in [6.07, 6.45) is 0.515. The molecule has 0 aliphatic heterocycles. The number of rotatable bonds is 6. The lowest BCUT2D eigenvalue weighted by molar-refractivity contribution is 0.102. The van der Waals surface area contributed by atoms with Crippen molar-refractivity contribution < 1.29 is 9.18 Å². The van der Waals surface area contributed by atoms with E-state index in [-0.39, 0.29) is 17.4 Å². The van der Waals surface area contributed by atoms with Crippen LogP contribution in [0.5, 0.6) is 0 Å². The summed E-state index contributed by atoms with van der Waals surface area (Å²) in [5, 5.41) is 5.95. The fourth-order valence-corrected chi connectivity index (χ4v) is 2.63. The van der Waals surface area contributed by atoms with Crippen molar-refractivity contribution in [3.8, 4) is 0 Å². The smallest absolute Gasteiger partial charge is 0.274 e. The first-order valence-electron chi connectivity index (χ1n) is 8.72. The Balaban J connectivity index is 1.65. The summed E-state index contributed by atoms with van der Waals surface area (Å²) in [6, 6.07) is 15.8. The monoisotopic (exact) mass is 364 g/mol. The Kier molecular flexibility index (Phi) is 5.76. The summed E-state index contributed by atoms with van der Waals surface area (Å²) in [5.41, 5.74) is 2.73. The standard InChI is InChI=1S/C21H21FN4O/c1-14-7-9-17(10-8-14)26-21(27)19-13-20(25-15(2)24-19)23-12-11-16-5-3-4-6-18(16)22/h3-10,13H,11-12H2,1-2H3,(H,26,27)(H,23,24,25). The molecule has 2 N–H and O–H groups in total. The number of aryl methyl sites for hydroxylation is 2. The molecule has 3 aromatic rings. The van der Waals surface area contributed by atoms with Crippen LogP contribution in [0.15, 0.2) is 54.6 Å². The van der Waals surface area contributed by atoms with Gasteiger partial charge in [-0.1, -0.05) is 35.9 Å². The molecule has 0 bridgehead atoms. The molecule has 0 fully saturated rings. The van der Waals surface area contributed by atoms with Gasteiger partial charge >= 0.3 is 0 Å². The normalized spacial score (nSPS) is 10.5. The summed E-state index contributed by atoms with van der Waals surface area (Å²) in [6.45, 7) is 4.21. The molecule has 0 atom stereocenters. The molecule has 2 aromatic carbocycles. The van der Waals surface area contributed by atoms with Crippen molar-refractivity contribution in [1.82, 2.24) is 9.97 Å². The number of hydrogen-bond acceptors (Lipinski definition) is 4. The largest absolute Gasteiger partial charge is 0.370 e. The fraction of sp³-hybridized carbons (Fsp3) is 0.190. The molecular weight excluding hydrogens is 343 g/mol. The Bertz CT molecular complexity index is 941. The third-order valence-corrected chi connectivity index (χ3v) is 4.04. The Morgan fingerprint density at radius 2 is 1.78 bits per heavy atom. The average molecular weight is 364 g/mol. The first kappa shape index (κ1) is 18.5. The van der Waals surface area contributed by atoms with E-state index in [1.165, 1.54) is 6.07 Å². The average Bonchev–Trinajstić information content (AvgIpc) is 2.65. The zero-order valence-electron chi connectivity index (χ0n) is 15.3. The number of anilines is 2. The van der Waals surface area contributed by atoms with E-state index in [0.29, 0.717) is 35.9 Å². The lowest BCUT2D eigenvalue weighted by atomic mass is 10.1. The van der Waals surface area contributed by atoms with Crippen molar-refractivity contribution >= 4 is 17.4 Å². The maximum atomic E-state index is 13.7. The third-order valence-electron chi connectivity index (χ3n) is 4.04. The first-order chi connectivity index (χ1) is 13.0. The van der Waals surface area contributed by atoms with Gasteiger partial charge in [0.05, 0.1) is 0 Å². The zero-order chi connectivity index (χ0) is 19.2. The summed E-state index contributed by atoms with van der Waals surface area (Å²) in [5.74, 6) is 0.491. The number of aromatic nitrogens is 2. The van der Waals surface area contributed by atoms with Crippen LogP contribution in [-0.2, 0) is 6.42 Å². The van der Waals surface area contributed by atoms with Crippen molar-refractivity contribution in [2.75, 3.05) is 17.2 Å². The van der Waals surface area contributed by atoms with E-state index in [2.05, 4.69) is 20.6 Å². The highest BCUT2D eigenvalue weighted by atomic mass is 19.1. The molecule has 5 nitrogen and oxygen atoms in total. The van der Waals surface area contributed by atoms with Gasteiger partial charge in [-0.3, -0.25) is 4.79 Å². The highest BCUT2D eigenvalue weighted by Gasteiger charge is 2.11. The van der Waals surface area contributed by atoms with Gasteiger partial charge in [0.15, 0.2) is 0 Å². The summed E-state index contributed by atoms with van der Waals surface area (Å²) in [7, 11) is 0. The third kappa shape index (κ3) is 5.10. The van der Waals surface area contributed by atoms with Gasteiger partial charge in [-0.2, -0.15) is 0 Å². The van der Waals surface area contributed by atoms with Crippen LogP contribution in [0.1, 0.15) is 27.4 Å². The summed E-state index contributed by atoms with van der Waals surface area (Å²) < 4.78 is 13.7. The molecule has 1 amide bonds. The van der Waals surface area contributed by atoms with Gasteiger partial charge in [0.1, 0.15) is 23.2 Å². The SMILES string of the molecule is Cc1ccc(NC(=O)c2cc(NCCc3ccccc3F)nc(C)n2)cc1. The molecule has 0 saturated heterocycles. The second-order valence-electron chi connectivity index (χ2n) is 6.27. The summed E-state index contributed by atoms with van der Waals surface area (Å²) in [4.78, 5) is 21.0. The number of nitrogens with one attached hydrogen (secondary N) is 2. The van der Waals surface area contributed by atoms with E-state index in [4.69, 9.17) is 0 Å². The molecule has 0 aliphatic carbocycles. The maximum absolute atomic E-state index is 13.7. The lowest BCUT2D eigenvalue weighted by Gasteiger charge is -2.10. The molecule has 27 heavy (non-hydrogen) atoms. The van der Waals surface area contributed by atoms with Crippen LogP contribution in [0.4, 0.5) is 15.9 Å². The zero-order valence-corrected chi connectivity index (χ0v) is 15.3. The Hall–Kier alpha value is -3.28. The summed E-state index contributed by atoms with van der Waals surface area (Å²) >= 11 is 0. The first-order valence-corrected chi connectivity index (χ1v) is 8.72. The van der Waals surface area contributed by atoms with E-state index in [1.807, 2.05) is 31.2 Å². The number of carbonyl (C=O) groups excluding carboxylic acids is 1. The molecule has 6 heteroatoms.